The lowest BCUT2D eigenvalue weighted by molar-refractivity contribution is 0.794. The van der Waals surface area contributed by atoms with E-state index in [4.69, 9.17) is 5.84 Å². The summed E-state index contributed by atoms with van der Waals surface area (Å²) in [7, 11) is 0. The van der Waals surface area contributed by atoms with Crippen molar-refractivity contribution in [1.29, 1.82) is 5.26 Å². The standard InChI is InChI=1S/C34H29N3/c1-3-4-10-19-34(28-11-6-5-7-12-28)31-14-9-8-13-30(31)33(27-21-29(22-27)37-36)32(34)20-24(2)26-17-15-25(23-35)16-18-26/h3-20,37H,21,36H2,1-2H3/b4-3-,19-10-,24-20+. The summed E-state index contributed by atoms with van der Waals surface area (Å²) in [6.45, 7) is 4.17. The van der Waals surface area contributed by atoms with Crippen molar-refractivity contribution in [1.82, 2.24) is 5.43 Å². The van der Waals surface area contributed by atoms with Crippen LogP contribution in [0.15, 0.2) is 132 Å². The largest absolute Gasteiger partial charge is 0.320 e. The zero-order valence-corrected chi connectivity index (χ0v) is 21.1. The van der Waals surface area contributed by atoms with Crippen LogP contribution in [0.1, 0.15) is 48.1 Å². The van der Waals surface area contributed by atoms with Crippen molar-refractivity contribution in [3.8, 4) is 6.07 Å². The molecule has 0 saturated heterocycles. The Morgan fingerprint density at radius 2 is 1.70 bits per heavy atom. The highest BCUT2D eigenvalue weighted by Gasteiger charge is 2.45. The fourth-order valence-corrected chi connectivity index (χ4v) is 5.33. The van der Waals surface area contributed by atoms with Crippen LogP contribution < -0.4 is 11.3 Å². The Balaban J connectivity index is 1.85. The number of hydrazine groups is 1. The maximum absolute atomic E-state index is 9.25. The van der Waals surface area contributed by atoms with E-state index in [0.29, 0.717) is 5.56 Å². The zero-order chi connectivity index (χ0) is 25.8. The van der Waals surface area contributed by atoms with Gasteiger partial charge in [-0.3, -0.25) is 5.84 Å². The third-order valence-electron chi connectivity index (χ3n) is 7.16. The van der Waals surface area contributed by atoms with Crippen LogP contribution in [0, 0.1) is 11.3 Å². The van der Waals surface area contributed by atoms with E-state index in [1.54, 1.807) is 0 Å². The third kappa shape index (κ3) is 4.20. The van der Waals surface area contributed by atoms with Crippen molar-refractivity contribution in [3.63, 3.8) is 0 Å². The van der Waals surface area contributed by atoms with Gasteiger partial charge in [0.15, 0.2) is 0 Å². The lowest BCUT2D eigenvalue weighted by atomic mass is 9.70. The summed E-state index contributed by atoms with van der Waals surface area (Å²) >= 11 is 0. The van der Waals surface area contributed by atoms with Gasteiger partial charge in [0.05, 0.1) is 22.7 Å². The highest BCUT2D eigenvalue weighted by atomic mass is 15.2. The van der Waals surface area contributed by atoms with Crippen LogP contribution in [0.2, 0.25) is 0 Å². The molecule has 5 rings (SSSR count). The van der Waals surface area contributed by atoms with Crippen LogP contribution in [-0.2, 0) is 5.41 Å². The molecule has 0 aliphatic heterocycles. The van der Waals surface area contributed by atoms with Crippen molar-refractivity contribution >= 4 is 11.1 Å². The predicted molar refractivity (Wildman–Crippen MR) is 152 cm³/mol. The molecule has 1 atom stereocenters. The molecule has 1 unspecified atom stereocenters. The highest BCUT2D eigenvalue weighted by Crippen LogP contribution is 2.55. The molecule has 0 spiro atoms. The van der Waals surface area contributed by atoms with Crippen LogP contribution in [0.5, 0.6) is 0 Å². The fraction of sp³-hybridized carbons (Fsp3) is 0.118. The first-order chi connectivity index (χ1) is 18.1. The van der Waals surface area contributed by atoms with E-state index < -0.39 is 5.41 Å². The number of nitriles is 1. The second-order valence-corrected chi connectivity index (χ2v) is 9.31. The third-order valence-corrected chi connectivity index (χ3v) is 7.16. The first-order valence-electron chi connectivity index (χ1n) is 12.5. The van der Waals surface area contributed by atoms with Gasteiger partial charge < -0.3 is 5.43 Å². The lowest BCUT2D eigenvalue weighted by Gasteiger charge is -2.31. The quantitative estimate of drug-likeness (QED) is 0.164. The number of nitrogens with zero attached hydrogens (tertiary/aromatic N) is 1. The van der Waals surface area contributed by atoms with E-state index in [0.717, 1.165) is 28.8 Å². The summed E-state index contributed by atoms with van der Waals surface area (Å²) in [5.74, 6) is 5.70. The molecule has 0 bridgehead atoms. The van der Waals surface area contributed by atoms with Crippen molar-refractivity contribution in [3.05, 3.63) is 160 Å². The predicted octanol–water partition coefficient (Wildman–Crippen LogP) is 7.12. The fourth-order valence-electron chi connectivity index (χ4n) is 5.33. The molecule has 2 aliphatic rings. The van der Waals surface area contributed by atoms with Crippen molar-refractivity contribution in [2.45, 2.75) is 25.7 Å². The SMILES string of the molecule is C/C=C\C=C/C1(c2ccccc2)C(/C=C(\C)c2ccc(C#N)cc2)=C(C2=C=C(NN)C2)c2ccccc21. The van der Waals surface area contributed by atoms with E-state index in [2.05, 4.69) is 109 Å². The Morgan fingerprint density at radius 3 is 2.38 bits per heavy atom. The highest BCUT2D eigenvalue weighted by molar-refractivity contribution is 5.96. The molecule has 0 radical (unpaired) electrons. The zero-order valence-electron chi connectivity index (χ0n) is 21.1. The van der Waals surface area contributed by atoms with E-state index in [9.17, 15) is 5.26 Å². The summed E-state index contributed by atoms with van der Waals surface area (Å²) in [5.41, 5.74) is 16.8. The molecule has 3 aromatic carbocycles. The van der Waals surface area contributed by atoms with Gasteiger partial charge in [-0.05, 0) is 65.0 Å². The smallest absolute Gasteiger partial charge is 0.0991 e. The van der Waals surface area contributed by atoms with E-state index >= 15 is 0 Å². The number of benzene rings is 3. The minimum atomic E-state index is -0.485. The molecule has 0 aromatic heterocycles. The maximum atomic E-state index is 9.25. The molecule has 0 amide bonds. The lowest BCUT2D eigenvalue weighted by Crippen LogP contribution is -2.26. The van der Waals surface area contributed by atoms with Crippen LogP contribution in [0.4, 0.5) is 0 Å². The summed E-state index contributed by atoms with van der Waals surface area (Å²) in [5, 5.41) is 9.25. The van der Waals surface area contributed by atoms with Gasteiger partial charge in [0.2, 0.25) is 0 Å². The number of hydrogen-bond acceptors (Lipinski definition) is 3. The Bertz CT molecular complexity index is 1570. The molecule has 0 fully saturated rings. The molecule has 3 N–H and O–H groups in total. The average Bonchev–Trinajstić information content (AvgIpc) is 3.19. The maximum Gasteiger partial charge on any atom is 0.0991 e. The van der Waals surface area contributed by atoms with Gasteiger partial charge in [-0.15, -0.1) is 0 Å². The number of nitrogens with one attached hydrogen (secondary N) is 1. The van der Waals surface area contributed by atoms with Gasteiger partial charge in [0, 0.05) is 12.0 Å². The molecule has 3 heteroatoms. The Morgan fingerprint density at radius 1 is 1.00 bits per heavy atom. The molecular weight excluding hydrogens is 450 g/mol. The van der Waals surface area contributed by atoms with E-state index in [1.165, 1.54) is 27.8 Å². The number of allylic oxidation sites excluding steroid dienone is 8. The van der Waals surface area contributed by atoms with Gasteiger partial charge in [-0.2, -0.15) is 5.26 Å². The molecule has 3 aromatic rings. The van der Waals surface area contributed by atoms with Crippen LogP contribution >= 0.6 is 0 Å². The molecule has 180 valence electrons. The topological polar surface area (TPSA) is 61.8 Å². The van der Waals surface area contributed by atoms with Crippen LogP contribution in [0.25, 0.3) is 11.1 Å². The van der Waals surface area contributed by atoms with E-state index in [-0.39, 0.29) is 0 Å². The Labute approximate surface area is 218 Å². The molecule has 37 heavy (non-hydrogen) atoms. The monoisotopic (exact) mass is 479 g/mol. The van der Waals surface area contributed by atoms with Gasteiger partial charge in [0.25, 0.3) is 0 Å². The average molecular weight is 480 g/mol. The van der Waals surface area contributed by atoms with E-state index in [1.807, 2.05) is 31.2 Å². The van der Waals surface area contributed by atoms with Crippen molar-refractivity contribution < 1.29 is 0 Å². The molecule has 3 nitrogen and oxygen atoms in total. The van der Waals surface area contributed by atoms with Gasteiger partial charge >= 0.3 is 0 Å². The summed E-state index contributed by atoms with van der Waals surface area (Å²) in [6.07, 6.45) is 11.7. The Hall–Kier alpha value is -4.61. The number of nitrogens with two attached hydrogens (primary N) is 1. The normalized spacial score (nSPS) is 18.9. The van der Waals surface area contributed by atoms with Crippen LogP contribution in [0.3, 0.4) is 0 Å². The van der Waals surface area contributed by atoms with Crippen molar-refractivity contribution in [2.24, 2.45) is 5.84 Å². The second kappa shape index (κ2) is 10.2. The number of fused-ring (bicyclic) bond motifs is 1. The number of hydrogen-bond donors (Lipinski definition) is 2. The summed E-state index contributed by atoms with van der Waals surface area (Å²) < 4.78 is 0. The Kier molecular flexibility index (Phi) is 6.62. The minimum absolute atomic E-state index is 0.485. The molecular formula is C34H29N3. The first kappa shape index (κ1) is 24.1. The molecule has 0 saturated carbocycles. The van der Waals surface area contributed by atoms with Gasteiger partial charge in [-0.25, -0.2) is 0 Å². The van der Waals surface area contributed by atoms with Crippen LogP contribution in [-0.4, -0.2) is 0 Å². The number of rotatable bonds is 7. The first-order valence-corrected chi connectivity index (χ1v) is 12.5. The molecule has 0 heterocycles. The second-order valence-electron chi connectivity index (χ2n) is 9.31. The van der Waals surface area contributed by atoms with Gasteiger partial charge in [0.1, 0.15) is 0 Å². The van der Waals surface area contributed by atoms with Gasteiger partial charge in [-0.1, -0.05) is 103 Å². The molecule has 2 aliphatic carbocycles. The summed E-state index contributed by atoms with van der Waals surface area (Å²) in [6, 6.07) is 29.4. The minimum Gasteiger partial charge on any atom is -0.320 e. The summed E-state index contributed by atoms with van der Waals surface area (Å²) in [4.78, 5) is 0. The van der Waals surface area contributed by atoms with Crippen molar-refractivity contribution in [2.75, 3.05) is 0 Å².